The molecule has 0 amide bonds. The number of rotatable bonds is 5. The standard InChI is InChI=1S/C39H25Br2ClN2O3/c1-23-20-36-34(22-35(23)43-27-12-10-26(42)11-13-27)39(32-5-3-2-4-31(32)38(45)47-39)33-19-18-30(21-37(33)46-36)44(28-14-6-24(40)7-15-28)29-16-8-25(41)9-17-29/h2-22,43H,1H3. The van der Waals surface area contributed by atoms with Crippen LogP contribution in [0.4, 0.5) is 28.4 Å². The van der Waals surface area contributed by atoms with Crippen LogP contribution in [-0.2, 0) is 10.3 Å². The van der Waals surface area contributed by atoms with Gasteiger partial charge >= 0.3 is 5.97 Å². The highest BCUT2D eigenvalue weighted by Gasteiger charge is 2.53. The van der Waals surface area contributed by atoms with Crippen molar-refractivity contribution < 1.29 is 14.3 Å². The van der Waals surface area contributed by atoms with Gasteiger partial charge in [0, 0.05) is 65.2 Å². The summed E-state index contributed by atoms with van der Waals surface area (Å²) < 4.78 is 15.2. The van der Waals surface area contributed by atoms with Crippen LogP contribution in [0.1, 0.15) is 32.6 Å². The first-order valence-electron chi connectivity index (χ1n) is 14.9. The lowest BCUT2D eigenvalue weighted by Gasteiger charge is -2.38. The van der Waals surface area contributed by atoms with Crippen molar-refractivity contribution >= 4 is 77.9 Å². The fourth-order valence-electron chi connectivity index (χ4n) is 6.40. The van der Waals surface area contributed by atoms with Gasteiger partial charge in [-0.2, -0.15) is 0 Å². The molecule has 6 aromatic carbocycles. The number of anilines is 5. The number of nitrogens with zero attached hydrogens (tertiary/aromatic N) is 1. The second-order valence-electron chi connectivity index (χ2n) is 11.5. The Labute approximate surface area is 294 Å². The van der Waals surface area contributed by atoms with E-state index in [-0.39, 0.29) is 5.97 Å². The van der Waals surface area contributed by atoms with Crippen LogP contribution in [0.2, 0.25) is 5.02 Å². The highest BCUT2D eigenvalue weighted by molar-refractivity contribution is 9.10. The lowest BCUT2D eigenvalue weighted by atomic mass is 9.77. The Hall–Kier alpha value is -4.56. The maximum absolute atomic E-state index is 13.5. The SMILES string of the molecule is Cc1cc2c(cc1Nc1ccc(Cl)cc1)C1(OC(=O)c3ccccc31)c1ccc(N(c3ccc(Br)cc3)c3ccc(Br)cc3)cc1O2. The smallest absolute Gasteiger partial charge is 0.340 e. The number of halogens is 3. The van der Waals surface area contributed by atoms with Crippen molar-refractivity contribution in [2.45, 2.75) is 12.5 Å². The lowest BCUT2D eigenvalue weighted by molar-refractivity contribution is 0.0224. The number of hydrogen-bond acceptors (Lipinski definition) is 5. The largest absolute Gasteiger partial charge is 0.456 e. The topological polar surface area (TPSA) is 50.8 Å². The van der Waals surface area contributed by atoms with E-state index in [0.29, 0.717) is 22.1 Å². The normalized spacial score (nSPS) is 15.7. The average Bonchev–Trinajstić information content (AvgIpc) is 3.37. The molecule has 1 unspecified atom stereocenters. The molecule has 2 aliphatic heterocycles. The first-order valence-corrected chi connectivity index (χ1v) is 16.9. The molecule has 1 spiro atoms. The third kappa shape index (κ3) is 5.10. The Balaban J connectivity index is 1.31. The number of fused-ring (bicyclic) bond motifs is 6. The van der Waals surface area contributed by atoms with Crippen molar-refractivity contribution in [1.82, 2.24) is 0 Å². The summed E-state index contributed by atoms with van der Waals surface area (Å²) >= 11 is 13.3. The van der Waals surface area contributed by atoms with E-state index in [2.05, 4.69) is 72.4 Å². The first-order chi connectivity index (χ1) is 22.8. The van der Waals surface area contributed by atoms with Gasteiger partial charge < -0.3 is 19.7 Å². The molecule has 0 aromatic heterocycles. The molecule has 0 saturated heterocycles. The van der Waals surface area contributed by atoms with Crippen LogP contribution in [0.3, 0.4) is 0 Å². The van der Waals surface area contributed by atoms with Gasteiger partial charge in [0.15, 0.2) is 5.60 Å². The molecule has 8 rings (SSSR count). The van der Waals surface area contributed by atoms with E-state index in [9.17, 15) is 4.79 Å². The van der Waals surface area contributed by atoms with Gasteiger partial charge in [0.25, 0.3) is 0 Å². The van der Waals surface area contributed by atoms with Gasteiger partial charge in [-0.25, -0.2) is 4.79 Å². The van der Waals surface area contributed by atoms with E-state index in [4.69, 9.17) is 21.1 Å². The monoisotopic (exact) mass is 762 g/mol. The van der Waals surface area contributed by atoms with E-state index < -0.39 is 5.60 Å². The molecule has 2 heterocycles. The van der Waals surface area contributed by atoms with E-state index in [1.54, 1.807) is 0 Å². The number of esters is 1. The molecule has 2 aliphatic rings. The minimum Gasteiger partial charge on any atom is -0.456 e. The molecule has 6 aromatic rings. The molecule has 0 aliphatic carbocycles. The van der Waals surface area contributed by atoms with Crippen LogP contribution in [0.25, 0.3) is 0 Å². The minimum atomic E-state index is -1.21. The summed E-state index contributed by atoms with van der Waals surface area (Å²) in [5.74, 6) is 0.858. The van der Waals surface area contributed by atoms with Crippen LogP contribution in [0, 0.1) is 6.92 Å². The number of ether oxygens (including phenoxy) is 2. The van der Waals surface area contributed by atoms with E-state index >= 15 is 0 Å². The number of carbonyl (C=O) groups is 1. The molecule has 0 saturated carbocycles. The minimum absolute atomic E-state index is 0.373. The van der Waals surface area contributed by atoms with Crippen molar-refractivity contribution in [3.05, 3.63) is 169 Å². The molecular weight excluding hydrogens is 740 g/mol. The molecule has 47 heavy (non-hydrogen) atoms. The molecule has 0 fully saturated rings. The van der Waals surface area contributed by atoms with Gasteiger partial charge in [-0.05, 0) is 116 Å². The summed E-state index contributed by atoms with van der Waals surface area (Å²) in [6.07, 6.45) is 0. The van der Waals surface area contributed by atoms with Crippen molar-refractivity contribution in [2.24, 2.45) is 0 Å². The molecule has 5 nitrogen and oxygen atoms in total. The Morgan fingerprint density at radius 3 is 1.98 bits per heavy atom. The van der Waals surface area contributed by atoms with Crippen LogP contribution in [-0.4, -0.2) is 5.97 Å². The zero-order valence-corrected chi connectivity index (χ0v) is 28.9. The van der Waals surface area contributed by atoms with Crippen LogP contribution in [0.15, 0.2) is 136 Å². The number of carbonyl (C=O) groups excluding carboxylic acids is 1. The zero-order chi connectivity index (χ0) is 32.3. The molecule has 8 heteroatoms. The Morgan fingerprint density at radius 1 is 0.681 bits per heavy atom. The predicted octanol–water partition coefficient (Wildman–Crippen LogP) is 12.0. The highest BCUT2D eigenvalue weighted by Crippen LogP contribution is 2.58. The maximum atomic E-state index is 13.5. The summed E-state index contributed by atoms with van der Waals surface area (Å²) in [7, 11) is 0. The third-order valence-electron chi connectivity index (χ3n) is 8.59. The third-order valence-corrected chi connectivity index (χ3v) is 9.90. The van der Waals surface area contributed by atoms with E-state index in [1.807, 2.05) is 104 Å². The van der Waals surface area contributed by atoms with Crippen LogP contribution < -0.4 is 15.0 Å². The maximum Gasteiger partial charge on any atom is 0.340 e. The molecule has 0 radical (unpaired) electrons. The fraction of sp³-hybridized carbons (Fsp3) is 0.0513. The number of hydrogen-bond donors (Lipinski definition) is 1. The van der Waals surface area contributed by atoms with Crippen LogP contribution in [0.5, 0.6) is 11.5 Å². The number of benzene rings is 6. The highest BCUT2D eigenvalue weighted by atomic mass is 79.9. The summed E-state index contributed by atoms with van der Waals surface area (Å²) in [4.78, 5) is 15.7. The summed E-state index contributed by atoms with van der Waals surface area (Å²) in [5.41, 5.74) is 7.18. The van der Waals surface area contributed by atoms with Gasteiger partial charge in [0.2, 0.25) is 0 Å². The zero-order valence-electron chi connectivity index (χ0n) is 24.9. The van der Waals surface area contributed by atoms with Gasteiger partial charge in [-0.3, -0.25) is 0 Å². The second-order valence-corrected chi connectivity index (χ2v) is 13.8. The second kappa shape index (κ2) is 11.6. The van der Waals surface area contributed by atoms with Gasteiger partial charge in [-0.15, -0.1) is 0 Å². The Bertz CT molecular complexity index is 2140. The van der Waals surface area contributed by atoms with Gasteiger partial charge in [0.1, 0.15) is 11.5 Å². The van der Waals surface area contributed by atoms with Gasteiger partial charge in [-0.1, -0.05) is 61.7 Å². The molecule has 1 N–H and O–H groups in total. The van der Waals surface area contributed by atoms with Crippen LogP contribution >= 0.6 is 43.5 Å². The van der Waals surface area contributed by atoms with Crippen molar-refractivity contribution in [2.75, 3.05) is 10.2 Å². The van der Waals surface area contributed by atoms with E-state index in [0.717, 1.165) is 59.6 Å². The molecule has 1 atom stereocenters. The Kier molecular flexibility index (Phi) is 7.36. The molecule has 230 valence electrons. The molecule has 0 bridgehead atoms. The summed E-state index contributed by atoms with van der Waals surface area (Å²) in [6, 6.07) is 41.6. The summed E-state index contributed by atoms with van der Waals surface area (Å²) in [5, 5.41) is 4.18. The van der Waals surface area contributed by atoms with E-state index in [1.165, 1.54) is 0 Å². The Morgan fingerprint density at radius 2 is 1.30 bits per heavy atom. The quantitative estimate of drug-likeness (QED) is 0.177. The average molecular weight is 765 g/mol. The van der Waals surface area contributed by atoms with Crippen molar-refractivity contribution in [3.8, 4) is 11.5 Å². The molecular formula is C39H25Br2ClN2O3. The summed E-state index contributed by atoms with van der Waals surface area (Å²) in [6.45, 7) is 2.03. The lowest BCUT2D eigenvalue weighted by Crippen LogP contribution is -2.33. The first kappa shape index (κ1) is 29.8. The fourth-order valence-corrected chi connectivity index (χ4v) is 7.05. The van der Waals surface area contributed by atoms with Gasteiger partial charge in [0.05, 0.1) is 5.56 Å². The number of aryl methyl sites for hydroxylation is 1. The van der Waals surface area contributed by atoms with Crippen molar-refractivity contribution in [1.29, 1.82) is 0 Å². The number of nitrogens with one attached hydrogen (secondary N) is 1. The van der Waals surface area contributed by atoms with Crippen molar-refractivity contribution in [3.63, 3.8) is 0 Å². The predicted molar refractivity (Wildman–Crippen MR) is 194 cm³/mol.